The van der Waals surface area contributed by atoms with Crippen LogP contribution < -0.4 is 15.7 Å². The Morgan fingerprint density at radius 2 is 1.66 bits per heavy atom. The lowest BCUT2D eigenvalue weighted by molar-refractivity contribution is 0.0921. The number of carbonyl (C=O) groups is 2. The van der Waals surface area contributed by atoms with Crippen LogP contribution in [-0.4, -0.2) is 18.3 Å². The summed E-state index contributed by atoms with van der Waals surface area (Å²) in [6.45, 7) is 1.80. The van der Waals surface area contributed by atoms with E-state index in [2.05, 4.69) is 5.32 Å². The van der Waals surface area contributed by atoms with Crippen molar-refractivity contribution in [2.45, 2.75) is 13.3 Å². The van der Waals surface area contributed by atoms with E-state index in [0.717, 1.165) is 10.9 Å². The fourth-order valence-corrected chi connectivity index (χ4v) is 3.36. The maximum Gasteiger partial charge on any atom is 0.336 e. The van der Waals surface area contributed by atoms with Gasteiger partial charge in [0.25, 0.3) is 5.91 Å². The van der Waals surface area contributed by atoms with Gasteiger partial charge in [0.1, 0.15) is 11.3 Å². The van der Waals surface area contributed by atoms with Gasteiger partial charge >= 0.3 is 5.63 Å². The van der Waals surface area contributed by atoms with Gasteiger partial charge < -0.3 is 14.5 Å². The molecule has 0 unspecified atom stereocenters. The fourth-order valence-electron chi connectivity index (χ4n) is 3.36. The molecule has 0 fully saturated rings. The van der Waals surface area contributed by atoms with Crippen molar-refractivity contribution in [1.82, 2.24) is 0 Å². The topological polar surface area (TPSA) is 85.6 Å². The van der Waals surface area contributed by atoms with Gasteiger partial charge in [-0.15, -0.1) is 0 Å². The highest BCUT2D eigenvalue weighted by atomic mass is 16.5. The molecule has 0 bridgehead atoms. The Morgan fingerprint density at radius 3 is 2.38 bits per heavy atom. The lowest BCUT2D eigenvalue weighted by atomic mass is 10.1. The summed E-state index contributed by atoms with van der Waals surface area (Å²) in [5.41, 5.74) is 2.52. The molecule has 0 aliphatic heterocycles. The van der Waals surface area contributed by atoms with E-state index in [1.165, 1.54) is 6.07 Å². The van der Waals surface area contributed by atoms with Crippen molar-refractivity contribution in [1.29, 1.82) is 0 Å². The highest BCUT2D eigenvalue weighted by Gasteiger charge is 2.11. The van der Waals surface area contributed by atoms with Gasteiger partial charge in [-0.05, 0) is 60.5 Å². The fraction of sp³-hybridized carbons (Fsp3) is 0.115. The molecule has 0 aliphatic rings. The number of ether oxygens (including phenoxy) is 1. The second-order valence-corrected chi connectivity index (χ2v) is 7.21. The maximum absolute atomic E-state index is 12.5. The quantitative estimate of drug-likeness (QED) is 0.336. The Hall–Kier alpha value is -4.19. The number of aryl methyl sites for hydroxylation is 1. The third-order valence-electron chi connectivity index (χ3n) is 5.05. The number of benzene rings is 3. The van der Waals surface area contributed by atoms with Crippen LogP contribution in [0.15, 0.2) is 88.1 Å². The molecular weight excluding hydrogens is 406 g/mol. The van der Waals surface area contributed by atoms with Gasteiger partial charge in [-0.1, -0.05) is 25.1 Å². The summed E-state index contributed by atoms with van der Waals surface area (Å²) in [6.07, 6.45) is 0.711. The molecule has 1 heterocycles. The molecule has 6 heteroatoms. The number of nitrogens with one attached hydrogen (secondary N) is 1. The van der Waals surface area contributed by atoms with Crippen LogP contribution in [-0.2, 0) is 6.42 Å². The molecule has 6 nitrogen and oxygen atoms in total. The van der Waals surface area contributed by atoms with Crippen molar-refractivity contribution >= 4 is 28.3 Å². The normalized spacial score (nSPS) is 10.7. The zero-order chi connectivity index (χ0) is 22.5. The second kappa shape index (κ2) is 9.31. The number of Topliss-reactive ketones (excluding diaryl/α,β-unsaturated/α-hetero) is 1. The predicted octanol–water partition coefficient (Wildman–Crippen LogP) is 4.87. The van der Waals surface area contributed by atoms with Crippen molar-refractivity contribution in [3.8, 4) is 5.75 Å². The molecule has 0 saturated carbocycles. The summed E-state index contributed by atoms with van der Waals surface area (Å²) in [6, 6.07) is 22.2. The van der Waals surface area contributed by atoms with Gasteiger partial charge in [-0.2, -0.15) is 0 Å². The molecule has 32 heavy (non-hydrogen) atoms. The monoisotopic (exact) mass is 427 g/mol. The van der Waals surface area contributed by atoms with Gasteiger partial charge in [0.15, 0.2) is 12.4 Å². The Kier molecular flexibility index (Phi) is 6.12. The van der Waals surface area contributed by atoms with E-state index in [4.69, 9.17) is 9.15 Å². The van der Waals surface area contributed by atoms with Gasteiger partial charge in [-0.25, -0.2) is 4.79 Å². The highest BCUT2D eigenvalue weighted by molar-refractivity contribution is 6.04. The standard InChI is InChI=1S/C26H21NO5/c1-2-17-14-25(29)32-24-15-21(12-13-22(17)24)31-16-23(28)18-8-10-20(11-9-18)27-26(30)19-6-4-3-5-7-19/h3-15H,2,16H2,1H3,(H,27,30). The summed E-state index contributed by atoms with van der Waals surface area (Å²) in [4.78, 5) is 36.4. The van der Waals surface area contributed by atoms with E-state index in [0.29, 0.717) is 34.6 Å². The van der Waals surface area contributed by atoms with Crippen molar-refractivity contribution in [2.24, 2.45) is 0 Å². The molecular formula is C26H21NO5. The van der Waals surface area contributed by atoms with Crippen molar-refractivity contribution in [3.05, 3.63) is 106 Å². The molecule has 3 aromatic carbocycles. The van der Waals surface area contributed by atoms with Gasteiger partial charge in [0.2, 0.25) is 0 Å². The molecule has 1 amide bonds. The maximum atomic E-state index is 12.5. The number of fused-ring (bicyclic) bond motifs is 1. The first-order chi connectivity index (χ1) is 15.5. The lowest BCUT2D eigenvalue weighted by Gasteiger charge is -2.09. The molecule has 0 radical (unpaired) electrons. The summed E-state index contributed by atoms with van der Waals surface area (Å²) in [5.74, 6) is 0.00554. The van der Waals surface area contributed by atoms with Gasteiger partial charge in [-0.3, -0.25) is 9.59 Å². The first-order valence-electron chi connectivity index (χ1n) is 10.2. The first kappa shape index (κ1) is 21.1. The highest BCUT2D eigenvalue weighted by Crippen LogP contribution is 2.23. The average Bonchev–Trinajstić information content (AvgIpc) is 2.82. The van der Waals surface area contributed by atoms with Crippen molar-refractivity contribution in [2.75, 3.05) is 11.9 Å². The van der Waals surface area contributed by atoms with Crippen LogP contribution in [0.5, 0.6) is 5.75 Å². The number of anilines is 1. The Balaban J connectivity index is 1.40. The SMILES string of the molecule is CCc1cc(=O)oc2cc(OCC(=O)c3ccc(NC(=O)c4ccccc4)cc3)ccc12. The zero-order valence-electron chi connectivity index (χ0n) is 17.5. The van der Waals surface area contributed by atoms with Gasteiger partial charge in [0.05, 0.1) is 0 Å². The zero-order valence-corrected chi connectivity index (χ0v) is 17.5. The average molecular weight is 427 g/mol. The minimum Gasteiger partial charge on any atom is -0.485 e. The number of ketones is 1. The number of hydrogen-bond acceptors (Lipinski definition) is 5. The van der Waals surface area contributed by atoms with Crippen LogP contribution in [0, 0.1) is 0 Å². The molecule has 0 saturated heterocycles. The van der Waals surface area contributed by atoms with E-state index < -0.39 is 5.63 Å². The summed E-state index contributed by atoms with van der Waals surface area (Å²) < 4.78 is 10.9. The molecule has 0 aliphatic carbocycles. The Morgan fingerprint density at radius 1 is 0.906 bits per heavy atom. The lowest BCUT2D eigenvalue weighted by Crippen LogP contribution is -2.13. The summed E-state index contributed by atoms with van der Waals surface area (Å²) >= 11 is 0. The third-order valence-corrected chi connectivity index (χ3v) is 5.05. The van der Waals surface area contributed by atoms with Crippen molar-refractivity contribution < 1.29 is 18.7 Å². The van der Waals surface area contributed by atoms with E-state index in [1.807, 2.05) is 19.1 Å². The van der Waals surface area contributed by atoms with Crippen LogP contribution in [0.25, 0.3) is 11.0 Å². The largest absolute Gasteiger partial charge is 0.485 e. The Labute approximate surface area is 184 Å². The van der Waals surface area contributed by atoms with E-state index in [1.54, 1.807) is 60.7 Å². The molecule has 4 aromatic rings. The predicted molar refractivity (Wildman–Crippen MR) is 123 cm³/mol. The van der Waals surface area contributed by atoms with E-state index >= 15 is 0 Å². The minimum atomic E-state index is -0.415. The summed E-state index contributed by atoms with van der Waals surface area (Å²) in [5, 5.41) is 3.64. The number of amides is 1. The number of rotatable bonds is 7. The molecule has 0 spiro atoms. The molecule has 4 rings (SSSR count). The first-order valence-corrected chi connectivity index (χ1v) is 10.2. The van der Waals surface area contributed by atoms with Gasteiger partial charge in [0, 0.05) is 34.3 Å². The Bertz CT molecular complexity index is 1320. The molecule has 1 N–H and O–H groups in total. The second-order valence-electron chi connectivity index (χ2n) is 7.21. The van der Waals surface area contributed by atoms with Crippen LogP contribution in [0.3, 0.4) is 0 Å². The van der Waals surface area contributed by atoms with Crippen LogP contribution in [0.1, 0.15) is 33.2 Å². The smallest absolute Gasteiger partial charge is 0.336 e. The molecule has 160 valence electrons. The number of carbonyl (C=O) groups excluding carboxylic acids is 2. The van der Waals surface area contributed by atoms with Crippen LogP contribution in [0.4, 0.5) is 5.69 Å². The third kappa shape index (κ3) is 4.75. The minimum absolute atomic E-state index is 0.168. The van der Waals surface area contributed by atoms with Crippen LogP contribution in [0.2, 0.25) is 0 Å². The van der Waals surface area contributed by atoms with Crippen LogP contribution >= 0.6 is 0 Å². The molecule has 1 aromatic heterocycles. The van der Waals surface area contributed by atoms with E-state index in [-0.39, 0.29) is 18.3 Å². The van der Waals surface area contributed by atoms with Crippen molar-refractivity contribution in [3.63, 3.8) is 0 Å². The summed E-state index contributed by atoms with van der Waals surface area (Å²) in [7, 11) is 0. The molecule has 0 atom stereocenters. The van der Waals surface area contributed by atoms with E-state index in [9.17, 15) is 14.4 Å². The number of hydrogen-bond donors (Lipinski definition) is 1.